The van der Waals surface area contributed by atoms with Crippen molar-refractivity contribution < 1.29 is 14.3 Å². The van der Waals surface area contributed by atoms with Crippen molar-refractivity contribution in [3.05, 3.63) is 39.9 Å². The second-order valence-corrected chi connectivity index (χ2v) is 5.48. The number of halogens is 1. The predicted molar refractivity (Wildman–Crippen MR) is 72.3 cm³/mol. The van der Waals surface area contributed by atoms with Crippen LogP contribution in [0.15, 0.2) is 34.2 Å². The van der Waals surface area contributed by atoms with Gasteiger partial charge in [-0.2, -0.15) is 0 Å². The predicted octanol–water partition coefficient (Wildman–Crippen LogP) is 3.87. The van der Waals surface area contributed by atoms with Crippen LogP contribution in [0.4, 0.5) is 0 Å². The summed E-state index contributed by atoms with van der Waals surface area (Å²) in [5.41, 5.74) is 0.192. The zero-order valence-electron chi connectivity index (χ0n) is 9.55. The van der Waals surface area contributed by atoms with Gasteiger partial charge in [-0.05, 0) is 35.0 Å². The second-order valence-electron chi connectivity index (χ2n) is 3.24. The summed E-state index contributed by atoms with van der Waals surface area (Å²) in [5, 5.41) is 0.423. The molecule has 0 bridgehead atoms. The molecule has 0 N–H and O–H groups in total. The lowest BCUT2D eigenvalue weighted by atomic mass is 10.3. The number of rotatable bonds is 4. The molecule has 18 heavy (non-hydrogen) atoms. The third-order valence-electron chi connectivity index (χ3n) is 1.99. The quantitative estimate of drug-likeness (QED) is 0.799. The fraction of sp³-hybridized carbons (Fsp3) is 0.167. The summed E-state index contributed by atoms with van der Waals surface area (Å²) in [6.45, 7) is 2.05. The largest absolute Gasteiger partial charge is 0.461 e. The van der Waals surface area contributed by atoms with Gasteiger partial charge in [-0.15, -0.1) is 0 Å². The summed E-state index contributed by atoms with van der Waals surface area (Å²) >= 11 is 4.48. The Balaban J connectivity index is 2.25. The molecule has 0 spiro atoms. The number of nitrogens with zero attached hydrogens (tertiary/aromatic N) is 1. The normalized spacial score (nSPS) is 10.1. The van der Waals surface area contributed by atoms with Crippen LogP contribution in [0, 0.1) is 0 Å². The third kappa shape index (κ3) is 3.08. The van der Waals surface area contributed by atoms with Crippen molar-refractivity contribution in [2.24, 2.45) is 0 Å². The molecule has 1 aromatic heterocycles. The molecule has 1 heterocycles. The van der Waals surface area contributed by atoms with Crippen molar-refractivity contribution >= 4 is 33.2 Å². The number of carbonyl (C=O) groups excluding carboxylic acids is 1. The van der Waals surface area contributed by atoms with Crippen LogP contribution >= 0.6 is 27.3 Å². The van der Waals surface area contributed by atoms with Crippen LogP contribution in [-0.4, -0.2) is 17.6 Å². The van der Waals surface area contributed by atoms with E-state index in [4.69, 9.17) is 9.47 Å². The fourth-order valence-corrected chi connectivity index (χ4v) is 2.55. The highest BCUT2D eigenvalue weighted by Gasteiger charge is 2.20. The van der Waals surface area contributed by atoms with E-state index in [0.29, 0.717) is 21.3 Å². The monoisotopic (exact) mass is 327 g/mol. The maximum Gasteiger partial charge on any atom is 0.361 e. The molecule has 0 aliphatic rings. The lowest BCUT2D eigenvalue weighted by molar-refractivity contribution is 0.0517. The summed E-state index contributed by atoms with van der Waals surface area (Å²) in [6, 6.07) is 9.22. The number of aromatic nitrogens is 1. The Labute approximate surface area is 117 Å². The average molecular weight is 328 g/mol. The second kappa shape index (κ2) is 5.97. The van der Waals surface area contributed by atoms with E-state index in [1.165, 1.54) is 11.3 Å². The Morgan fingerprint density at radius 2 is 2.11 bits per heavy atom. The van der Waals surface area contributed by atoms with Crippen molar-refractivity contribution in [1.29, 1.82) is 0 Å². The van der Waals surface area contributed by atoms with Crippen LogP contribution in [0.3, 0.4) is 0 Å². The Morgan fingerprint density at radius 1 is 1.39 bits per heavy atom. The van der Waals surface area contributed by atoms with Gasteiger partial charge in [0.2, 0.25) is 10.8 Å². The molecule has 0 unspecified atom stereocenters. The van der Waals surface area contributed by atoms with E-state index in [0.717, 1.165) is 0 Å². The van der Waals surface area contributed by atoms with E-state index in [1.54, 1.807) is 6.92 Å². The van der Waals surface area contributed by atoms with Gasteiger partial charge >= 0.3 is 5.97 Å². The van der Waals surface area contributed by atoms with E-state index in [-0.39, 0.29) is 5.69 Å². The van der Waals surface area contributed by atoms with Crippen molar-refractivity contribution in [2.45, 2.75) is 6.92 Å². The van der Waals surface area contributed by atoms with E-state index in [2.05, 4.69) is 20.9 Å². The molecule has 0 aliphatic carbocycles. The number of esters is 1. The molecule has 0 saturated heterocycles. The molecule has 0 radical (unpaired) electrons. The van der Waals surface area contributed by atoms with E-state index in [1.807, 2.05) is 30.3 Å². The molecule has 0 aliphatic heterocycles. The minimum absolute atomic E-state index is 0.192. The molecule has 0 fully saturated rings. The lowest BCUT2D eigenvalue weighted by Crippen LogP contribution is -2.06. The van der Waals surface area contributed by atoms with Gasteiger partial charge in [-0.25, -0.2) is 9.78 Å². The minimum atomic E-state index is -0.481. The Kier molecular flexibility index (Phi) is 4.33. The fourth-order valence-electron chi connectivity index (χ4n) is 1.27. The number of para-hydroxylation sites is 1. The molecule has 6 heteroatoms. The molecule has 2 aromatic rings. The molecule has 0 atom stereocenters. The number of benzene rings is 1. The van der Waals surface area contributed by atoms with Crippen LogP contribution in [0.25, 0.3) is 0 Å². The smallest absolute Gasteiger partial charge is 0.361 e. The molecule has 0 amide bonds. The zero-order valence-corrected chi connectivity index (χ0v) is 12.0. The maximum absolute atomic E-state index is 11.7. The number of hydrogen-bond acceptors (Lipinski definition) is 5. The van der Waals surface area contributed by atoms with E-state index < -0.39 is 5.97 Å². The van der Waals surface area contributed by atoms with Crippen LogP contribution in [0.1, 0.15) is 17.4 Å². The zero-order chi connectivity index (χ0) is 13.0. The van der Waals surface area contributed by atoms with Gasteiger partial charge in [0.05, 0.1) is 6.61 Å². The highest BCUT2D eigenvalue weighted by molar-refractivity contribution is 9.11. The first kappa shape index (κ1) is 13.0. The number of thiazole rings is 1. The Hall–Kier alpha value is -1.40. The van der Waals surface area contributed by atoms with Crippen molar-refractivity contribution in [1.82, 2.24) is 4.98 Å². The topological polar surface area (TPSA) is 48.4 Å². The van der Waals surface area contributed by atoms with E-state index >= 15 is 0 Å². The van der Waals surface area contributed by atoms with Crippen molar-refractivity contribution in [2.75, 3.05) is 6.61 Å². The Bertz CT molecular complexity index is 542. The van der Waals surface area contributed by atoms with Gasteiger partial charge < -0.3 is 9.47 Å². The van der Waals surface area contributed by atoms with Crippen LogP contribution in [-0.2, 0) is 4.74 Å². The first-order valence-corrected chi connectivity index (χ1v) is 6.88. The maximum atomic E-state index is 11.7. The van der Waals surface area contributed by atoms with Crippen LogP contribution < -0.4 is 4.74 Å². The first-order chi connectivity index (χ1) is 8.70. The third-order valence-corrected chi connectivity index (χ3v) is 3.38. The lowest BCUT2D eigenvalue weighted by Gasteiger charge is -2.04. The summed E-state index contributed by atoms with van der Waals surface area (Å²) < 4.78 is 11.1. The summed E-state index contributed by atoms with van der Waals surface area (Å²) in [4.78, 5) is 15.8. The number of hydrogen-bond donors (Lipinski definition) is 0. The van der Waals surface area contributed by atoms with Gasteiger partial charge in [-0.3, -0.25) is 0 Å². The van der Waals surface area contributed by atoms with Gasteiger partial charge in [0, 0.05) is 0 Å². The minimum Gasteiger partial charge on any atom is -0.461 e. The number of carbonyl (C=O) groups is 1. The molecular weight excluding hydrogens is 318 g/mol. The highest BCUT2D eigenvalue weighted by Crippen LogP contribution is 2.34. The van der Waals surface area contributed by atoms with Gasteiger partial charge in [0.1, 0.15) is 5.75 Å². The van der Waals surface area contributed by atoms with Crippen LogP contribution in [0.5, 0.6) is 10.8 Å². The highest BCUT2D eigenvalue weighted by atomic mass is 79.9. The summed E-state index contributed by atoms with van der Waals surface area (Å²) in [7, 11) is 0. The van der Waals surface area contributed by atoms with Crippen LogP contribution in [0.2, 0.25) is 0 Å². The van der Waals surface area contributed by atoms with Gasteiger partial charge in [-0.1, -0.05) is 29.5 Å². The summed E-state index contributed by atoms with van der Waals surface area (Å²) in [5.74, 6) is 0.171. The molecule has 2 rings (SSSR count). The summed E-state index contributed by atoms with van der Waals surface area (Å²) in [6.07, 6.45) is 0. The van der Waals surface area contributed by atoms with E-state index in [9.17, 15) is 4.79 Å². The standard InChI is InChI=1S/C12H10BrNO3S/c1-2-16-10(15)9-11(18-12(13)14-9)17-8-6-4-3-5-7-8/h3-7H,2H2,1H3. The molecule has 94 valence electrons. The molecule has 4 nitrogen and oxygen atoms in total. The van der Waals surface area contributed by atoms with Gasteiger partial charge in [0.15, 0.2) is 3.92 Å². The van der Waals surface area contributed by atoms with Crippen molar-refractivity contribution in [3.8, 4) is 10.8 Å². The number of ether oxygens (including phenoxy) is 2. The SMILES string of the molecule is CCOC(=O)c1nc(Br)sc1Oc1ccccc1. The molecule has 0 saturated carbocycles. The Morgan fingerprint density at radius 3 is 2.78 bits per heavy atom. The first-order valence-electron chi connectivity index (χ1n) is 5.27. The molecule has 1 aromatic carbocycles. The average Bonchev–Trinajstić information content (AvgIpc) is 2.72. The molecular formula is C12H10BrNO3S. The van der Waals surface area contributed by atoms with Crippen molar-refractivity contribution in [3.63, 3.8) is 0 Å². The van der Waals surface area contributed by atoms with Gasteiger partial charge in [0.25, 0.3) is 0 Å².